The van der Waals surface area contributed by atoms with Crippen molar-refractivity contribution < 1.29 is 14.3 Å². The van der Waals surface area contributed by atoms with Crippen LogP contribution in [0.5, 0.6) is 5.75 Å². The smallest absolute Gasteiger partial charge is 0.225 e. The number of hydrogen-bond acceptors (Lipinski definition) is 4. The van der Waals surface area contributed by atoms with Crippen LogP contribution >= 0.6 is 0 Å². The normalized spacial score (nSPS) is 23.6. The first-order chi connectivity index (χ1) is 14.2. The van der Waals surface area contributed by atoms with E-state index in [0.717, 1.165) is 76.0 Å². The lowest BCUT2D eigenvalue weighted by Crippen LogP contribution is -2.51. The van der Waals surface area contributed by atoms with E-state index < -0.39 is 0 Å². The molecule has 3 fully saturated rings. The van der Waals surface area contributed by atoms with Gasteiger partial charge in [-0.3, -0.25) is 14.5 Å². The Labute approximate surface area is 173 Å². The molecule has 0 aromatic heterocycles. The van der Waals surface area contributed by atoms with Crippen molar-refractivity contribution in [2.45, 2.75) is 51.1 Å². The molecule has 0 unspecified atom stereocenters. The van der Waals surface area contributed by atoms with E-state index in [4.69, 9.17) is 4.74 Å². The summed E-state index contributed by atoms with van der Waals surface area (Å²) < 4.78 is 5.38. The van der Waals surface area contributed by atoms with Gasteiger partial charge >= 0.3 is 0 Å². The topological polar surface area (TPSA) is 61.9 Å². The Morgan fingerprint density at radius 2 is 1.79 bits per heavy atom. The van der Waals surface area contributed by atoms with Crippen molar-refractivity contribution in [3.05, 3.63) is 29.8 Å². The van der Waals surface area contributed by atoms with Gasteiger partial charge in [-0.2, -0.15) is 0 Å². The summed E-state index contributed by atoms with van der Waals surface area (Å²) in [6, 6.07) is 8.31. The number of nitrogens with zero attached hydrogens (tertiary/aromatic N) is 2. The summed E-state index contributed by atoms with van der Waals surface area (Å²) in [6.45, 7) is 4.15. The minimum absolute atomic E-state index is 0.0459. The summed E-state index contributed by atoms with van der Waals surface area (Å²) in [5, 5.41) is 3.11. The van der Waals surface area contributed by atoms with Crippen LogP contribution in [0.4, 0.5) is 0 Å². The number of methoxy groups -OCH3 is 1. The van der Waals surface area contributed by atoms with Crippen LogP contribution in [0.2, 0.25) is 0 Å². The number of likely N-dealkylation sites (tertiary alicyclic amines) is 2. The van der Waals surface area contributed by atoms with Crippen LogP contribution < -0.4 is 10.1 Å². The second kappa shape index (κ2) is 9.16. The summed E-state index contributed by atoms with van der Waals surface area (Å²) >= 11 is 0. The lowest BCUT2D eigenvalue weighted by molar-refractivity contribution is -0.134. The predicted octanol–water partition coefficient (Wildman–Crippen LogP) is 2.42. The SMILES string of the molecule is COc1ccccc1CNC(=O)[C@@H]1CCCN(C2CCN(C(=O)C3CC3)CC2)C1. The van der Waals surface area contributed by atoms with Crippen molar-refractivity contribution in [2.75, 3.05) is 33.3 Å². The van der Waals surface area contributed by atoms with Crippen molar-refractivity contribution in [3.63, 3.8) is 0 Å². The summed E-state index contributed by atoms with van der Waals surface area (Å²) in [7, 11) is 1.66. The van der Waals surface area contributed by atoms with E-state index in [1.807, 2.05) is 24.3 Å². The number of hydrogen-bond donors (Lipinski definition) is 1. The third kappa shape index (κ3) is 4.92. The van der Waals surface area contributed by atoms with Gasteiger partial charge in [0.25, 0.3) is 0 Å². The van der Waals surface area contributed by atoms with Crippen LogP contribution in [0.25, 0.3) is 0 Å². The van der Waals surface area contributed by atoms with E-state index in [9.17, 15) is 9.59 Å². The van der Waals surface area contributed by atoms with Crippen LogP contribution in [0.15, 0.2) is 24.3 Å². The average Bonchev–Trinajstić information content (AvgIpc) is 3.63. The molecule has 1 N–H and O–H groups in total. The monoisotopic (exact) mass is 399 g/mol. The highest BCUT2D eigenvalue weighted by Crippen LogP contribution is 2.32. The zero-order valence-corrected chi connectivity index (χ0v) is 17.4. The first-order valence-electron chi connectivity index (χ1n) is 11.1. The van der Waals surface area contributed by atoms with E-state index >= 15 is 0 Å². The lowest BCUT2D eigenvalue weighted by Gasteiger charge is -2.42. The average molecular weight is 400 g/mol. The van der Waals surface area contributed by atoms with E-state index in [1.165, 1.54) is 0 Å². The highest BCUT2D eigenvalue weighted by atomic mass is 16.5. The van der Waals surface area contributed by atoms with Crippen LogP contribution in [0.1, 0.15) is 44.1 Å². The summed E-state index contributed by atoms with van der Waals surface area (Å²) in [6.07, 6.45) is 6.25. The zero-order valence-electron chi connectivity index (χ0n) is 17.4. The molecule has 1 aromatic rings. The van der Waals surface area contributed by atoms with Gasteiger partial charge in [0.2, 0.25) is 11.8 Å². The highest BCUT2D eigenvalue weighted by molar-refractivity contribution is 5.81. The van der Waals surface area contributed by atoms with Crippen molar-refractivity contribution in [1.82, 2.24) is 15.1 Å². The number of amides is 2. The van der Waals surface area contributed by atoms with E-state index in [-0.39, 0.29) is 11.8 Å². The fraction of sp³-hybridized carbons (Fsp3) is 0.652. The summed E-state index contributed by atoms with van der Waals surface area (Å²) in [4.78, 5) is 29.6. The molecule has 0 radical (unpaired) electrons. The van der Waals surface area contributed by atoms with Gasteiger partial charge in [-0.15, -0.1) is 0 Å². The van der Waals surface area contributed by atoms with Crippen LogP contribution in [-0.2, 0) is 16.1 Å². The Bertz CT molecular complexity index is 726. The number of rotatable bonds is 6. The molecule has 2 saturated heterocycles. The quantitative estimate of drug-likeness (QED) is 0.798. The molecule has 1 saturated carbocycles. The first kappa shape index (κ1) is 20.2. The maximum Gasteiger partial charge on any atom is 0.225 e. The fourth-order valence-corrected chi connectivity index (χ4v) is 4.77. The predicted molar refractivity (Wildman–Crippen MR) is 111 cm³/mol. The van der Waals surface area contributed by atoms with Crippen LogP contribution in [0.3, 0.4) is 0 Å². The first-order valence-corrected chi connectivity index (χ1v) is 11.1. The van der Waals surface area contributed by atoms with E-state index in [1.54, 1.807) is 7.11 Å². The molecular formula is C23H33N3O3. The third-order valence-electron chi connectivity index (χ3n) is 6.69. The fourth-order valence-electron chi connectivity index (χ4n) is 4.77. The molecule has 1 atom stereocenters. The second-order valence-corrected chi connectivity index (χ2v) is 8.69. The molecule has 6 nitrogen and oxygen atoms in total. The molecule has 29 heavy (non-hydrogen) atoms. The number of para-hydroxylation sites is 1. The van der Waals surface area contributed by atoms with Crippen LogP contribution in [-0.4, -0.2) is 60.9 Å². The van der Waals surface area contributed by atoms with Crippen molar-refractivity contribution in [2.24, 2.45) is 11.8 Å². The van der Waals surface area contributed by atoms with Gasteiger partial charge in [-0.1, -0.05) is 18.2 Å². The Morgan fingerprint density at radius 1 is 1.03 bits per heavy atom. The molecule has 4 rings (SSSR count). The summed E-state index contributed by atoms with van der Waals surface area (Å²) in [5.74, 6) is 1.69. The van der Waals surface area contributed by atoms with E-state index in [2.05, 4.69) is 15.1 Å². The minimum Gasteiger partial charge on any atom is -0.496 e. The largest absolute Gasteiger partial charge is 0.496 e. The molecule has 2 aliphatic heterocycles. The van der Waals surface area contributed by atoms with Crippen LogP contribution in [0, 0.1) is 11.8 Å². The summed E-state index contributed by atoms with van der Waals surface area (Å²) in [5.41, 5.74) is 1.00. The molecule has 3 aliphatic rings. The van der Waals surface area contributed by atoms with Crippen molar-refractivity contribution in [1.29, 1.82) is 0 Å². The highest BCUT2D eigenvalue weighted by Gasteiger charge is 2.37. The molecule has 1 aliphatic carbocycles. The Morgan fingerprint density at radius 3 is 2.52 bits per heavy atom. The number of carbonyl (C=O) groups excluding carboxylic acids is 2. The molecule has 158 valence electrons. The van der Waals surface area contributed by atoms with Gasteiger partial charge in [0, 0.05) is 43.7 Å². The molecule has 2 heterocycles. The molecule has 6 heteroatoms. The number of carbonyl (C=O) groups is 2. The third-order valence-corrected chi connectivity index (χ3v) is 6.69. The molecule has 0 bridgehead atoms. The number of ether oxygens (including phenoxy) is 1. The van der Waals surface area contributed by atoms with Gasteiger partial charge < -0.3 is 15.0 Å². The number of piperidine rings is 2. The Hall–Kier alpha value is -2.08. The molecular weight excluding hydrogens is 366 g/mol. The maximum atomic E-state index is 12.8. The van der Waals surface area contributed by atoms with Gasteiger partial charge in [0.05, 0.1) is 13.0 Å². The number of benzene rings is 1. The Kier molecular flexibility index (Phi) is 6.38. The zero-order chi connectivity index (χ0) is 20.2. The van der Waals surface area contributed by atoms with Gasteiger partial charge in [0.1, 0.15) is 5.75 Å². The molecule has 0 spiro atoms. The second-order valence-electron chi connectivity index (χ2n) is 8.69. The van der Waals surface area contributed by atoms with Gasteiger partial charge in [0.15, 0.2) is 0 Å². The van der Waals surface area contributed by atoms with E-state index in [0.29, 0.717) is 24.4 Å². The maximum absolute atomic E-state index is 12.8. The lowest BCUT2D eigenvalue weighted by atomic mass is 9.93. The number of nitrogens with one attached hydrogen (secondary N) is 1. The van der Waals surface area contributed by atoms with Gasteiger partial charge in [-0.25, -0.2) is 0 Å². The van der Waals surface area contributed by atoms with Crippen molar-refractivity contribution in [3.8, 4) is 5.75 Å². The Balaban J connectivity index is 1.26. The van der Waals surface area contributed by atoms with Crippen molar-refractivity contribution >= 4 is 11.8 Å². The minimum atomic E-state index is 0.0459. The molecule has 2 amide bonds. The van der Waals surface area contributed by atoms with Gasteiger partial charge in [-0.05, 0) is 51.1 Å². The molecule has 1 aromatic carbocycles. The standard InChI is InChI=1S/C23H33N3O3/c1-29-21-7-3-2-5-18(21)15-24-22(27)19-6-4-12-26(16-19)20-10-13-25(14-11-20)23(28)17-8-9-17/h2-3,5,7,17,19-20H,4,6,8-16H2,1H3,(H,24,27)/t19-/m1/s1.